The first kappa shape index (κ1) is 24.7. The predicted molar refractivity (Wildman–Crippen MR) is 139 cm³/mol. The number of aromatic nitrogens is 5. The molecule has 1 aliphatic rings. The number of para-hydroxylation sites is 1. The molecule has 0 unspecified atom stereocenters. The van der Waals surface area contributed by atoms with E-state index in [4.69, 9.17) is 4.74 Å². The van der Waals surface area contributed by atoms with E-state index < -0.39 is 5.82 Å². The maximum Gasteiger partial charge on any atom is 0.256 e. The van der Waals surface area contributed by atoms with Gasteiger partial charge in [0, 0.05) is 50.4 Å². The minimum Gasteiger partial charge on any atom is -0.478 e. The third-order valence-electron chi connectivity index (χ3n) is 6.67. The van der Waals surface area contributed by atoms with Crippen LogP contribution in [0.25, 0.3) is 22.2 Å². The number of fused-ring (bicyclic) bond motifs is 1. The van der Waals surface area contributed by atoms with Gasteiger partial charge in [0.25, 0.3) is 5.88 Å². The summed E-state index contributed by atoms with van der Waals surface area (Å²) in [6, 6.07) is 5.25. The number of nitrogens with zero attached hydrogens (tertiary/aromatic N) is 6. The Morgan fingerprint density at radius 2 is 1.97 bits per heavy atom. The smallest absolute Gasteiger partial charge is 0.256 e. The number of aryl methyl sites for hydroxylation is 1. The van der Waals surface area contributed by atoms with Crippen molar-refractivity contribution in [1.82, 2.24) is 34.5 Å². The summed E-state index contributed by atoms with van der Waals surface area (Å²) in [4.78, 5) is 29.2. The molecule has 4 heterocycles. The average molecular weight is 508 g/mol. The van der Waals surface area contributed by atoms with E-state index in [1.54, 1.807) is 24.1 Å². The molecule has 0 spiro atoms. The number of aromatic amines is 1. The molecule has 0 bridgehead atoms. The summed E-state index contributed by atoms with van der Waals surface area (Å²) >= 11 is 0. The molecule has 1 atom stereocenters. The number of methoxy groups -OCH3 is 1. The number of hydrogen-bond donors (Lipinski definition) is 3. The van der Waals surface area contributed by atoms with Gasteiger partial charge in [0.1, 0.15) is 11.4 Å². The van der Waals surface area contributed by atoms with E-state index in [0.29, 0.717) is 28.3 Å². The van der Waals surface area contributed by atoms with Crippen molar-refractivity contribution in [2.45, 2.75) is 13.0 Å². The van der Waals surface area contributed by atoms with Crippen LogP contribution in [-0.2, 0) is 11.8 Å². The molecule has 0 aliphatic carbocycles. The molecule has 12 heteroatoms. The Morgan fingerprint density at radius 1 is 1.19 bits per heavy atom. The van der Waals surface area contributed by atoms with Crippen molar-refractivity contribution >= 4 is 34.1 Å². The summed E-state index contributed by atoms with van der Waals surface area (Å²) < 4.78 is 21.8. The molecule has 4 aromatic rings. The van der Waals surface area contributed by atoms with E-state index in [1.807, 2.05) is 25.1 Å². The predicted octanol–water partition coefficient (Wildman–Crippen LogP) is 2.82. The second kappa shape index (κ2) is 10.1. The number of halogens is 1. The monoisotopic (exact) mass is 507 g/mol. The van der Waals surface area contributed by atoms with Gasteiger partial charge < -0.3 is 25.3 Å². The lowest BCUT2D eigenvalue weighted by molar-refractivity contribution is -0.121. The highest BCUT2D eigenvalue weighted by Crippen LogP contribution is 2.34. The van der Waals surface area contributed by atoms with Crippen molar-refractivity contribution in [3.05, 3.63) is 42.6 Å². The Labute approximate surface area is 213 Å². The molecule has 5 rings (SSSR count). The van der Waals surface area contributed by atoms with Crippen LogP contribution in [0, 0.1) is 5.82 Å². The second-order valence-corrected chi connectivity index (χ2v) is 9.18. The summed E-state index contributed by atoms with van der Waals surface area (Å²) in [6.07, 6.45) is 4.52. The van der Waals surface area contributed by atoms with Crippen molar-refractivity contribution in [1.29, 1.82) is 0 Å². The van der Waals surface area contributed by atoms with Gasteiger partial charge in [-0.2, -0.15) is 0 Å². The van der Waals surface area contributed by atoms with Gasteiger partial charge in [-0.05, 0) is 20.0 Å². The van der Waals surface area contributed by atoms with E-state index in [2.05, 4.69) is 47.5 Å². The molecular weight excluding hydrogens is 477 g/mol. The van der Waals surface area contributed by atoms with E-state index in [0.717, 1.165) is 37.8 Å². The lowest BCUT2D eigenvalue weighted by Crippen LogP contribution is -2.51. The highest BCUT2D eigenvalue weighted by molar-refractivity contribution is 6.06. The molecule has 194 valence electrons. The third kappa shape index (κ3) is 4.98. The van der Waals surface area contributed by atoms with Crippen LogP contribution in [0.4, 0.5) is 21.7 Å². The topological polar surface area (TPSA) is 116 Å². The van der Waals surface area contributed by atoms with E-state index >= 15 is 0 Å². The lowest BCUT2D eigenvalue weighted by Gasteiger charge is -2.35. The minimum atomic E-state index is -0.567. The zero-order valence-corrected chi connectivity index (χ0v) is 21.2. The van der Waals surface area contributed by atoms with Crippen LogP contribution in [0.3, 0.4) is 0 Å². The number of ether oxygens (including phenoxy) is 1. The molecule has 37 heavy (non-hydrogen) atoms. The fraction of sp³-hybridized carbons (Fsp3) is 0.360. The molecule has 1 saturated heterocycles. The van der Waals surface area contributed by atoms with Crippen molar-refractivity contribution < 1.29 is 13.9 Å². The van der Waals surface area contributed by atoms with Crippen LogP contribution < -0.4 is 15.4 Å². The van der Waals surface area contributed by atoms with Crippen LogP contribution in [0.15, 0.2) is 36.8 Å². The maximum atomic E-state index is 14.9. The number of amides is 1. The summed E-state index contributed by atoms with van der Waals surface area (Å²) in [5.41, 5.74) is 2.56. The maximum absolute atomic E-state index is 14.9. The quantitative estimate of drug-likeness (QED) is 0.350. The molecule has 11 nitrogen and oxygen atoms in total. The SMILES string of the molecule is COc1nn(C)cc1Nc1ncc(F)c(-c2c[nH]c3c(NC(=O)[C@H](C)N4CCN(C)CC4)cccc23)n1. The van der Waals surface area contributed by atoms with Gasteiger partial charge in [-0.25, -0.2) is 14.4 Å². The summed E-state index contributed by atoms with van der Waals surface area (Å²) in [7, 11) is 5.36. The fourth-order valence-corrected chi connectivity index (χ4v) is 4.51. The van der Waals surface area contributed by atoms with Crippen molar-refractivity contribution in [3.8, 4) is 17.1 Å². The van der Waals surface area contributed by atoms with Crippen LogP contribution >= 0.6 is 0 Å². The zero-order valence-electron chi connectivity index (χ0n) is 21.2. The lowest BCUT2D eigenvalue weighted by atomic mass is 10.1. The first-order valence-corrected chi connectivity index (χ1v) is 12.0. The number of likely N-dealkylation sites (N-methyl/N-ethyl adjacent to an activating group) is 1. The third-order valence-corrected chi connectivity index (χ3v) is 6.67. The average Bonchev–Trinajstić information content (AvgIpc) is 3.48. The van der Waals surface area contributed by atoms with Crippen molar-refractivity contribution in [3.63, 3.8) is 0 Å². The van der Waals surface area contributed by atoms with Gasteiger partial charge in [0.05, 0.1) is 36.7 Å². The molecule has 3 aromatic heterocycles. The highest BCUT2D eigenvalue weighted by atomic mass is 19.1. The van der Waals surface area contributed by atoms with Gasteiger partial charge in [-0.15, -0.1) is 5.10 Å². The summed E-state index contributed by atoms with van der Waals surface area (Å²) in [5.74, 6) is -0.0844. The molecule has 1 fully saturated rings. The van der Waals surface area contributed by atoms with Crippen LogP contribution in [0.5, 0.6) is 5.88 Å². The van der Waals surface area contributed by atoms with E-state index in [-0.39, 0.29) is 23.6 Å². The Kier molecular flexibility index (Phi) is 6.76. The number of nitrogens with one attached hydrogen (secondary N) is 3. The molecular formula is C25H30FN9O2. The Hall–Kier alpha value is -4.03. The summed E-state index contributed by atoms with van der Waals surface area (Å²) in [6.45, 7) is 5.47. The largest absolute Gasteiger partial charge is 0.478 e. The molecule has 1 aromatic carbocycles. The minimum absolute atomic E-state index is 0.0849. The summed E-state index contributed by atoms with van der Waals surface area (Å²) in [5, 5.41) is 11.0. The number of hydrogen-bond acceptors (Lipinski definition) is 8. The molecule has 0 saturated carbocycles. The number of carbonyl (C=O) groups is 1. The van der Waals surface area contributed by atoms with Crippen molar-refractivity contribution in [2.24, 2.45) is 7.05 Å². The molecule has 1 amide bonds. The number of benzene rings is 1. The van der Waals surface area contributed by atoms with Gasteiger partial charge >= 0.3 is 0 Å². The number of H-pyrrole nitrogens is 1. The van der Waals surface area contributed by atoms with Gasteiger partial charge in [0.15, 0.2) is 5.82 Å². The fourth-order valence-electron chi connectivity index (χ4n) is 4.51. The first-order valence-electron chi connectivity index (χ1n) is 12.0. The van der Waals surface area contributed by atoms with Crippen molar-refractivity contribution in [2.75, 3.05) is 51.0 Å². The number of carbonyl (C=O) groups excluding carboxylic acids is 1. The van der Waals surface area contributed by atoms with Gasteiger partial charge in [0.2, 0.25) is 11.9 Å². The standard InChI is InChI=1S/C25H30FN9O2/c1-15(35-10-8-33(2)9-11-35)23(36)29-19-7-5-6-16-17(12-27-22(16)19)21-18(26)13-28-25(31-21)30-20-14-34(3)32-24(20)37-4/h5-7,12-15,27H,8-11H2,1-4H3,(H,29,36)(H,28,30,31)/t15-/m0/s1. The zero-order chi connectivity index (χ0) is 26.1. The van der Waals surface area contributed by atoms with Gasteiger partial charge in [-0.3, -0.25) is 14.4 Å². The number of rotatable bonds is 7. The highest BCUT2D eigenvalue weighted by Gasteiger charge is 2.25. The van der Waals surface area contributed by atoms with E-state index in [9.17, 15) is 9.18 Å². The Balaban J connectivity index is 1.40. The number of piperazine rings is 1. The first-order chi connectivity index (χ1) is 17.8. The van der Waals surface area contributed by atoms with Crippen LogP contribution in [0.2, 0.25) is 0 Å². The normalized spacial score (nSPS) is 15.6. The number of anilines is 3. The molecule has 3 N–H and O–H groups in total. The van der Waals surface area contributed by atoms with E-state index in [1.165, 1.54) is 7.11 Å². The Morgan fingerprint density at radius 3 is 2.73 bits per heavy atom. The second-order valence-electron chi connectivity index (χ2n) is 9.18. The Bertz CT molecular complexity index is 1430. The van der Waals surface area contributed by atoms with Crippen LogP contribution in [-0.4, -0.2) is 86.8 Å². The molecule has 0 radical (unpaired) electrons. The van der Waals surface area contributed by atoms with Gasteiger partial charge in [-0.1, -0.05) is 12.1 Å². The molecule has 1 aliphatic heterocycles. The van der Waals surface area contributed by atoms with Crippen LogP contribution in [0.1, 0.15) is 6.92 Å².